The molecule has 1 aromatic carbocycles. The molecule has 0 aliphatic carbocycles. The number of halogens is 3. The highest BCUT2D eigenvalue weighted by atomic mass is 19.4. The third-order valence-corrected chi connectivity index (χ3v) is 2.82. The van der Waals surface area contributed by atoms with Gasteiger partial charge in [-0.2, -0.15) is 13.2 Å². The van der Waals surface area contributed by atoms with Crippen LogP contribution in [0.3, 0.4) is 0 Å². The summed E-state index contributed by atoms with van der Waals surface area (Å²) in [4.78, 5) is 11.3. The summed E-state index contributed by atoms with van der Waals surface area (Å²) in [6.07, 6.45) is -3.38. The molecule has 7 heteroatoms. The molecule has 1 atom stereocenters. The van der Waals surface area contributed by atoms with Crippen LogP contribution in [0.4, 0.5) is 23.7 Å². The highest BCUT2D eigenvalue weighted by Gasteiger charge is 2.27. The number of hydrogen-bond acceptors (Lipinski definition) is 2. The van der Waals surface area contributed by atoms with Gasteiger partial charge in [0.25, 0.3) is 0 Å². The maximum Gasteiger partial charge on any atom is 0.405 e. The summed E-state index contributed by atoms with van der Waals surface area (Å²) in [5.41, 5.74) is 1.49. The van der Waals surface area contributed by atoms with Gasteiger partial charge in [0.1, 0.15) is 6.54 Å². The number of amides is 2. The zero-order valence-corrected chi connectivity index (χ0v) is 12.1. The molecule has 0 aromatic heterocycles. The second-order valence-electron chi connectivity index (χ2n) is 4.72. The topological polar surface area (TPSA) is 53.2 Å². The molecule has 0 aliphatic rings. The van der Waals surface area contributed by atoms with E-state index in [1.165, 1.54) is 0 Å². The van der Waals surface area contributed by atoms with Crippen LogP contribution >= 0.6 is 0 Å². The number of hydrogen-bond donors (Lipinski definition) is 3. The van der Waals surface area contributed by atoms with Gasteiger partial charge in [-0.25, -0.2) is 4.79 Å². The smallest absolute Gasteiger partial charge is 0.329 e. The molecule has 0 aliphatic heterocycles. The van der Waals surface area contributed by atoms with E-state index in [2.05, 4.69) is 17.6 Å². The molecule has 4 nitrogen and oxygen atoms in total. The SMILES string of the molecule is CCCNC(C)c1ccc(NC(=O)NCC(F)(F)F)cc1. The predicted octanol–water partition coefficient (Wildman–Crippen LogP) is 3.43. The average Bonchev–Trinajstić information content (AvgIpc) is 2.42. The third-order valence-electron chi connectivity index (χ3n) is 2.82. The Labute approximate surface area is 122 Å². The molecule has 3 N–H and O–H groups in total. The first-order valence-electron chi connectivity index (χ1n) is 6.76. The van der Waals surface area contributed by atoms with Gasteiger partial charge in [0.15, 0.2) is 0 Å². The second kappa shape index (κ2) is 7.87. The fourth-order valence-corrected chi connectivity index (χ4v) is 1.69. The van der Waals surface area contributed by atoms with Crippen molar-refractivity contribution in [1.82, 2.24) is 10.6 Å². The van der Waals surface area contributed by atoms with E-state index < -0.39 is 18.8 Å². The Balaban J connectivity index is 2.49. The first-order chi connectivity index (χ1) is 9.81. The molecule has 0 saturated carbocycles. The lowest BCUT2D eigenvalue weighted by atomic mass is 10.1. The van der Waals surface area contributed by atoms with Crippen LogP contribution in [0.2, 0.25) is 0 Å². The zero-order valence-electron chi connectivity index (χ0n) is 12.1. The molecule has 21 heavy (non-hydrogen) atoms. The van der Waals surface area contributed by atoms with Gasteiger partial charge in [-0.15, -0.1) is 0 Å². The van der Waals surface area contributed by atoms with E-state index in [9.17, 15) is 18.0 Å². The minimum Gasteiger partial charge on any atom is -0.329 e. The Morgan fingerprint density at radius 2 is 1.86 bits per heavy atom. The van der Waals surface area contributed by atoms with Crippen LogP contribution in [0, 0.1) is 0 Å². The Kier molecular flexibility index (Phi) is 6.48. The fourth-order valence-electron chi connectivity index (χ4n) is 1.69. The van der Waals surface area contributed by atoms with Crippen LogP contribution in [-0.4, -0.2) is 25.3 Å². The van der Waals surface area contributed by atoms with E-state index in [0.29, 0.717) is 5.69 Å². The van der Waals surface area contributed by atoms with Crippen molar-refractivity contribution in [2.75, 3.05) is 18.4 Å². The molecule has 0 spiro atoms. The fraction of sp³-hybridized carbons (Fsp3) is 0.500. The van der Waals surface area contributed by atoms with Crippen LogP contribution in [0.5, 0.6) is 0 Å². The van der Waals surface area contributed by atoms with Crippen LogP contribution in [0.1, 0.15) is 31.9 Å². The number of rotatable bonds is 6. The summed E-state index contributed by atoms with van der Waals surface area (Å²) in [5, 5.41) is 7.42. The standard InChI is InChI=1S/C14H20F3N3O/c1-3-8-18-10(2)11-4-6-12(7-5-11)20-13(21)19-9-14(15,16)17/h4-7,10,18H,3,8-9H2,1-2H3,(H2,19,20,21). The van der Waals surface area contributed by atoms with Crippen LogP contribution in [-0.2, 0) is 0 Å². The van der Waals surface area contributed by atoms with Gasteiger partial charge in [-0.1, -0.05) is 19.1 Å². The minimum absolute atomic E-state index is 0.179. The van der Waals surface area contributed by atoms with Crippen molar-refractivity contribution in [1.29, 1.82) is 0 Å². The van der Waals surface area contributed by atoms with Crippen molar-refractivity contribution in [2.24, 2.45) is 0 Å². The van der Waals surface area contributed by atoms with Crippen molar-refractivity contribution in [3.8, 4) is 0 Å². The number of carbonyl (C=O) groups is 1. The maximum atomic E-state index is 11.9. The average molecular weight is 303 g/mol. The van der Waals surface area contributed by atoms with E-state index in [0.717, 1.165) is 18.5 Å². The maximum absolute atomic E-state index is 11.9. The number of carbonyl (C=O) groups excluding carboxylic acids is 1. The van der Waals surface area contributed by atoms with Crippen molar-refractivity contribution in [3.05, 3.63) is 29.8 Å². The molecule has 0 saturated heterocycles. The number of benzene rings is 1. The molecule has 0 radical (unpaired) electrons. The van der Waals surface area contributed by atoms with Gasteiger partial charge < -0.3 is 16.0 Å². The normalized spacial score (nSPS) is 12.8. The van der Waals surface area contributed by atoms with Crippen molar-refractivity contribution < 1.29 is 18.0 Å². The van der Waals surface area contributed by atoms with Crippen LogP contribution in [0.15, 0.2) is 24.3 Å². The first kappa shape index (κ1) is 17.3. The van der Waals surface area contributed by atoms with Gasteiger partial charge in [0.05, 0.1) is 0 Å². The Hall–Kier alpha value is -1.76. The summed E-state index contributed by atoms with van der Waals surface area (Å²) < 4.78 is 35.8. The molecule has 1 rings (SSSR count). The molecular formula is C14H20F3N3O. The van der Waals surface area contributed by atoms with Crippen molar-refractivity contribution in [3.63, 3.8) is 0 Å². The van der Waals surface area contributed by atoms with Gasteiger partial charge in [-0.3, -0.25) is 0 Å². The molecule has 1 unspecified atom stereocenters. The monoisotopic (exact) mass is 303 g/mol. The van der Waals surface area contributed by atoms with Gasteiger partial charge in [0.2, 0.25) is 0 Å². The Morgan fingerprint density at radius 3 is 2.38 bits per heavy atom. The first-order valence-corrected chi connectivity index (χ1v) is 6.76. The predicted molar refractivity (Wildman–Crippen MR) is 76.2 cm³/mol. The van der Waals surface area contributed by atoms with Gasteiger partial charge in [-0.05, 0) is 37.6 Å². The minimum atomic E-state index is -4.42. The summed E-state index contributed by atoms with van der Waals surface area (Å²) in [5.74, 6) is 0. The second-order valence-corrected chi connectivity index (χ2v) is 4.72. The van der Waals surface area contributed by atoms with Crippen molar-refractivity contribution >= 4 is 11.7 Å². The summed E-state index contributed by atoms with van der Waals surface area (Å²) in [6, 6.07) is 6.27. The lowest BCUT2D eigenvalue weighted by Crippen LogP contribution is -2.36. The van der Waals surface area contributed by atoms with Crippen molar-refractivity contribution in [2.45, 2.75) is 32.5 Å². The van der Waals surface area contributed by atoms with Crippen LogP contribution in [0.25, 0.3) is 0 Å². The van der Waals surface area contributed by atoms with E-state index in [4.69, 9.17) is 0 Å². The number of alkyl halides is 3. The summed E-state index contributed by atoms with van der Waals surface area (Å²) in [7, 11) is 0. The largest absolute Gasteiger partial charge is 0.405 e. The molecular weight excluding hydrogens is 283 g/mol. The molecule has 2 amide bonds. The van der Waals surface area contributed by atoms with Crippen LogP contribution < -0.4 is 16.0 Å². The van der Waals surface area contributed by atoms with E-state index in [1.807, 2.05) is 19.1 Å². The number of anilines is 1. The van der Waals surface area contributed by atoms with E-state index in [-0.39, 0.29) is 6.04 Å². The summed E-state index contributed by atoms with van der Waals surface area (Å²) in [6.45, 7) is 3.65. The zero-order chi connectivity index (χ0) is 15.9. The highest BCUT2D eigenvalue weighted by Crippen LogP contribution is 2.16. The molecule has 118 valence electrons. The number of nitrogens with one attached hydrogen (secondary N) is 3. The Morgan fingerprint density at radius 1 is 1.24 bits per heavy atom. The van der Waals surface area contributed by atoms with E-state index in [1.54, 1.807) is 17.4 Å². The quantitative estimate of drug-likeness (QED) is 0.754. The summed E-state index contributed by atoms with van der Waals surface area (Å²) >= 11 is 0. The molecule has 0 heterocycles. The van der Waals surface area contributed by atoms with Gasteiger partial charge >= 0.3 is 12.2 Å². The number of urea groups is 1. The molecule has 0 fully saturated rings. The van der Waals surface area contributed by atoms with E-state index >= 15 is 0 Å². The Bertz CT molecular complexity index is 446. The molecule has 1 aromatic rings. The third kappa shape index (κ3) is 6.99. The lowest BCUT2D eigenvalue weighted by Gasteiger charge is -2.14. The molecule has 0 bridgehead atoms. The highest BCUT2D eigenvalue weighted by molar-refractivity contribution is 5.89. The van der Waals surface area contributed by atoms with Gasteiger partial charge in [0, 0.05) is 11.7 Å². The lowest BCUT2D eigenvalue weighted by molar-refractivity contribution is -0.122.